The van der Waals surface area contributed by atoms with Crippen LogP contribution in [-0.2, 0) is 13.1 Å². The van der Waals surface area contributed by atoms with Gasteiger partial charge in [0.05, 0.1) is 5.69 Å². The Hall–Kier alpha value is -1.95. The van der Waals surface area contributed by atoms with Gasteiger partial charge in [-0.15, -0.1) is 11.3 Å². The van der Waals surface area contributed by atoms with E-state index in [-0.39, 0.29) is 0 Å². The zero-order valence-corrected chi connectivity index (χ0v) is 17.6. The summed E-state index contributed by atoms with van der Waals surface area (Å²) in [6.45, 7) is 7.46. The molecule has 1 aliphatic rings. The van der Waals surface area contributed by atoms with Crippen molar-refractivity contribution in [3.8, 4) is 10.8 Å². The van der Waals surface area contributed by atoms with Crippen molar-refractivity contribution in [1.82, 2.24) is 14.8 Å². The van der Waals surface area contributed by atoms with E-state index >= 15 is 0 Å². The molecule has 2 aromatic heterocycles. The molecule has 0 spiro atoms. The van der Waals surface area contributed by atoms with Crippen LogP contribution in [0.15, 0.2) is 52.3 Å². The van der Waals surface area contributed by atoms with Crippen LogP contribution in [0.3, 0.4) is 0 Å². The number of hydrogen-bond acceptors (Lipinski definition) is 5. The molecule has 0 amide bonds. The number of rotatable bonds is 7. The van der Waals surface area contributed by atoms with Gasteiger partial charge < -0.3 is 9.32 Å². The van der Waals surface area contributed by atoms with E-state index in [1.54, 1.807) is 11.3 Å². The maximum absolute atomic E-state index is 5.70. The minimum Gasteiger partial charge on any atom is -0.459 e. The van der Waals surface area contributed by atoms with Gasteiger partial charge in [-0.3, -0.25) is 4.90 Å². The van der Waals surface area contributed by atoms with Gasteiger partial charge in [-0.25, -0.2) is 4.98 Å². The molecule has 1 aromatic carbocycles. The maximum atomic E-state index is 5.70. The Bertz CT molecular complexity index is 865. The number of aryl methyl sites for hydroxylation is 1. The SMILES string of the molecule is Cc1ccc(-c2nc(CN3CCC(CN(C)Cc4ccccc4)CC3)cs2)o1. The molecule has 0 saturated carbocycles. The van der Waals surface area contributed by atoms with E-state index in [9.17, 15) is 0 Å². The van der Waals surface area contributed by atoms with Gasteiger partial charge in [0.15, 0.2) is 10.8 Å². The number of thiazole rings is 1. The van der Waals surface area contributed by atoms with E-state index in [1.165, 1.54) is 24.9 Å². The fraction of sp³-hybridized carbons (Fsp3) is 0.435. The predicted molar refractivity (Wildman–Crippen MR) is 115 cm³/mol. The summed E-state index contributed by atoms with van der Waals surface area (Å²) >= 11 is 1.68. The molecule has 5 heteroatoms. The fourth-order valence-corrected chi connectivity index (χ4v) is 4.77. The molecule has 4 rings (SSSR count). The summed E-state index contributed by atoms with van der Waals surface area (Å²) in [6.07, 6.45) is 2.54. The summed E-state index contributed by atoms with van der Waals surface area (Å²) < 4.78 is 5.70. The van der Waals surface area contributed by atoms with Crippen LogP contribution in [-0.4, -0.2) is 41.5 Å². The summed E-state index contributed by atoms with van der Waals surface area (Å²) in [5.74, 6) is 2.61. The summed E-state index contributed by atoms with van der Waals surface area (Å²) in [5, 5.41) is 3.16. The standard InChI is InChI=1S/C23H29N3OS/c1-18-8-9-22(27-18)23-24-21(17-28-23)16-26-12-10-20(11-13-26)15-25(2)14-19-6-4-3-5-7-19/h3-9,17,20H,10-16H2,1-2H3. The van der Waals surface area contributed by atoms with Crippen molar-refractivity contribution in [1.29, 1.82) is 0 Å². The third-order valence-corrected chi connectivity index (χ3v) is 6.37. The molecule has 1 saturated heterocycles. The second kappa shape index (κ2) is 9.03. The lowest BCUT2D eigenvalue weighted by Gasteiger charge is -2.33. The highest BCUT2D eigenvalue weighted by molar-refractivity contribution is 7.13. The Balaban J connectivity index is 1.23. The van der Waals surface area contributed by atoms with Gasteiger partial charge in [0, 0.05) is 25.0 Å². The van der Waals surface area contributed by atoms with E-state index in [4.69, 9.17) is 9.40 Å². The molecule has 0 unspecified atom stereocenters. The zero-order valence-electron chi connectivity index (χ0n) is 16.8. The predicted octanol–water partition coefficient (Wildman–Crippen LogP) is 5.06. The molecule has 148 valence electrons. The third kappa shape index (κ3) is 5.10. The highest BCUT2D eigenvalue weighted by Crippen LogP contribution is 2.27. The van der Waals surface area contributed by atoms with E-state index in [2.05, 4.69) is 52.6 Å². The summed E-state index contributed by atoms with van der Waals surface area (Å²) in [5.41, 5.74) is 2.56. The number of hydrogen-bond donors (Lipinski definition) is 0. The Labute approximate surface area is 171 Å². The average Bonchev–Trinajstić information content (AvgIpc) is 3.33. The normalized spacial score (nSPS) is 16.1. The first-order valence-electron chi connectivity index (χ1n) is 10.1. The molecule has 1 aliphatic heterocycles. The number of piperidine rings is 1. The Kier molecular flexibility index (Phi) is 6.25. The lowest BCUT2D eigenvalue weighted by molar-refractivity contribution is 0.146. The minimum atomic E-state index is 0.794. The van der Waals surface area contributed by atoms with Crippen molar-refractivity contribution in [3.05, 3.63) is 64.9 Å². The third-order valence-electron chi connectivity index (χ3n) is 5.46. The molecular weight excluding hydrogens is 366 g/mol. The van der Waals surface area contributed by atoms with Crippen molar-refractivity contribution in [2.45, 2.75) is 32.9 Å². The number of likely N-dealkylation sites (tertiary alicyclic amines) is 1. The molecule has 4 nitrogen and oxygen atoms in total. The Morgan fingerprint density at radius 3 is 2.64 bits per heavy atom. The molecule has 3 aromatic rings. The molecule has 28 heavy (non-hydrogen) atoms. The molecular formula is C23H29N3OS. The van der Waals surface area contributed by atoms with E-state index < -0.39 is 0 Å². The van der Waals surface area contributed by atoms with Gasteiger partial charge in [0.1, 0.15) is 5.76 Å². The second-order valence-corrected chi connectivity index (χ2v) is 8.81. The van der Waals surface area contributed by atoms with Gasteiger partial charge in [-0.05, 0) is 63.5 Å². The lowest BCUT2D eigenvalue weighted by atomic mass is 9.96. The second-order valence-electron chi connectivity index (χ2n) is 7.96. The van der Waals surface area contributed by atoms with Crippen molar-refractivity contribution < 1.29 is 4.42 Å². The van der Waals surface area contributed by atoms with Crippen LogP contribution in [0, 0.1) is 12.8 Å². The number of furan rings is 1. The van der Waals surface area contributed by atoms with Crippen molar-refractivity contribution >= 4 is 11.3 Å². The fourth-order valence-electron chi connectivity index (χ4n) is 4.00. The highest BCUT2D eigenvalue weighted by Gasteiger charge is 2.21. The van der Waals surface area contributed by atoms with Gasteiger partial charge in [-0.2, -0.15) is 0 Å². The minimum absolute atomic E-state index is 0.794. The average molecular weight is 396 g/mol. The molecule has 0 aliphatic carbocycles. The van der Waals surface area contributed by atoms with E-state index in [1.807, 2.05) is 19.1 Å². The first-order valence-corrected chi connectivity index (χ1v) is 11.0. The molecule has 0 bridgehead atoms. The van der Waals surface area contributed by atoms with Crippen LogP contribution in [0.5, 0.6) is 0 Å². The largest absolute Gasteiger partial charge is 0.459 e. The Morgan fingerprint density at radius 1 is 1.14 bits per heavy atom. The van der Waals surface area contributed by atoms with Crippen LogP contribution >= 0.6 is 11.3 Å². The molecule has 1 fully saturated rings. The molecule has 0 radical (unpaired) electrons. The summed E-state index contributed by atoms with van der Waals surface area (Å²) in [4.78, 5) is 9.78. The van der Waals surface area contributed by atoms with Crippen molar-refractivity contribution in [2.75, 3.05) is 26.7 Å². The van der Waals surface area contributed by atoms with Gasteiger partial charge >= 0.3 is 0 Å². The summed E-state index contributed by atoms with van der Waals surface area (Å²) in [6, 6.07) is 14.8. The number of aromatic nitrogens is 1. The Morgan fingerprint density at radius 2 is 1.93 bits per heavy atom. The van der Waals surface area contributed by atoms with Crippen molar-refractivity contribution in [3.63, 3.8) is 0 Å². The smallest absolute Gasteiger partial charge is 0.162 e. The maximum Gasteiger partial charge on any atom is 0.162 e. The van der Waals surface area contributed by atoms with Gasteiger partial charge in [0.25, 0.3) is 0 Å². The van der Waals surface area contributed by atoms with Crippen LogP contribution in [0.25, 0.3) is 10.8 Å². The van der Waals surface area contributed by atoms with Crippen molar-refractivity contribution in [2.24, 2.45) is 5.92 Å². The van der Waals surface area contributed by atoms with E-state index in [0.29, 0.717) is 0 Å². The van der Waals surface area contributed by atoms with Crippen LogP contribution in [0.4, 0.5) is 0 Å². The lowest BCUT2D eigenvalue weighted by Crippen LogP contribution is -2.37. The highest BCUT2D eigenvalue weighted by atomic mass is 32.1. The zero-order chi connectivity index (χ0) is 19.3. The van der Waals surface area contributed by atoms with Crippen LogP contribution in [0.1, 0.15) is 29.9 Å². The molecule has 3 heterocycles. The monoisotopic (exact) mass is 395 g/mol. The quantitative estimate of drug-likeness (QED) is 0.560. The van der Waals surface area contributed by atoms with Crippen LogP contribution in [0.2, 0.25) is 0 Å². The molecule has 0 N–H and O–H groups in total. The number of benzene rings is 1. The first-order chi connectivity index (χ1) is 13.7. The topological polar surface area (TPSA) is 32.5 Å². The first kappa shape index (κ1) is 19.4. The number of nitrogens with zero attached hydrogens (tertiary/aromatic N) is 3. The van der Waals surface area contributed by atoms with Crippen LogP contribution < -0.4 is 0 Å². The van der Waals surface area contributed by atoms with Gasteiger partial charge in [-0.1, -0.05) is 30.3 Å². The summed E-state index contributed by atoms with van der Waals surface area (Å²) in [7, 11) is 2.24. The van der Waals surface area contributed by atoms with Gasteiger partial charge in [0.2, 0.25) is 0 Å². The van der Waals surface area contributed by atoms with E-state index in [0.717, 1.165) is 54.3 Å². The molecule has 0 atom stereocenters.